The minimum Gasteiger partial charge on any atom is -0.497 e. The van der Waals surface area contributed by atoms with Crippen LogP contribution in [-0.2, 0) is 11.2 Å². The Hall–Kier alpha value is -2.01. The van der Waals surface area contributed by atoms with Crippen molar-refractivity contribution in [2.75, 3.05) is 14.2 Å². The van der Waals surface area contributed by atoms with Gasteiger partial charge < -0.3 is 14.8 Å². The average molecular weight is 378 g/mol. The molecule has 1 unspecified atom stereocenters. The highest BCUT2D eigenvalue weighted by Crippen LogP contribution is 2.28. The van der Waals surface area contributed by atoms with E-state index in [9.17, 15) is 4.79 Å². The molecule has 0 saturated carbocycles. The van der Waals surface area contributed by atoms with E-state index in [-0.39, 0.29) is 11.9 Å². The van der Waals surface area contributed by atoms with Crippen molar-refractivity contribution in [3.63, 3.8) is 0 Å². The summed E-state index contributed by atoms with van der Waals surface area (Å²) in [5.41, 5.74) is 1.93. The largest absolute Gasteiger partial charge is 0.497 e. The Morgan fingerprint density at radius 2 is 1.96 bits per heavy atom. The van der Waals surface area contributed by atoms with Gasteiger partial charge in [-0.3, -0.25) is 4.79 Å². The molecule has 122 valence electrons. The standard InChI is InChI=1S/C18H20BrNO3/c1-12(14-7-8-17(23-3)16(19)11-14)20-18(21)10-13-5-4-6-15(9-13)22-2/h4-9,11-12H,10H2,1-3H3,(H,20,21). The van der Waals surface area contributed by atoms with Gasteiger partial charge in [-0.25, -0.2) is 0 Å². The van der Waals surface area contributed by atoms with Crippen LogP contribution in [-0.4, -0.2) is 20.1 Å². The van der Waals surface area contributed by atoms with E-state index < -0.39 is 0 Å². The summed E-state index contributed by atoms with van der Waals surface area (Å²) in [4.78, 5) is 12.2. The summed E-state index contributed by atoms with van der Waals surface area (Å²) in [5, 5.41) is 3.01. The number of halogens is 1. The van der Waals surface area contributed by atoms with Crippen molar-refractivity contribution in [1.29, 1.82) is 0 Å². The Kier molecular flexibility index (Phi) is 6.04. The molecule has 0 fully saturated rings. The summed E-state index contributed by atoms with van der Waals surface area (Å²) < 4.78 is 11.3. The molecule has 0 spiro atoms. The topological polar surface area (TPSA) is 47.6 Å². The van der Waals surface area contributed by atoms with Crippen molar-refractivity contribution >= 4 is 21.8 Å². The number of methoxy groups -OCH3 is 2. The van der Waals surface area contributed by atoms with E-state index in [1.54, 1.807) is 14.2 Å². The minimum absolute atomic E-state index is 0.0299. The quantitative estimate of drug-likeness (QED) is 0.830. The molecule has 0 aliphatic heterocycles. The van der Waals surface area contributed by atoms with Gasteiger partial charge in [0.1, 0.15) is 11.5 Å². The summed E-state index contributed by atoms with van der Waals surface area (Å²) in [6, 6.07) is 13.2. The van der Waals surface area contributed by atoms with Crippen LogP contribution < -0.4 is 14.8 Å². The van der Waals surface area contributed by atoms with E-state index in [0.717, 1.165) is 27.1 Å². The zero-order valence-electron chi connectivity index (χ0n) is 13.4. The average Bonchev–Trinajstić information content (AvgIpc) is 2.54. The number of amides is 1. The van der Waals surface area contributed by atoms with E-state index in [4.69, 9.17) is 9.47 Å². The van der Waals surface area contributed by atoms with E-state index in [1.807, 2.05) is 49.4 Å². The Bertz CT molecular complexity index is 688. The third-order valence-corrected chi connectivity index (χ3v) is 4.17. The zero-order valence-corrected chi connectivity index (χ0v) is 15.0. The lowest BCUT2D eigenvalue weighted by molar-refractivity contribution is -0.121. The highest BCUT2D eigenvalue weighted by atomic mass is 79.9. The number of hydrogen-bond acceptors (Lipinski definition) is 3. The van der Waals surface area contributed by atoms with Crippen molar-refractivity contribution in [3.05, 3.63) is 58.1 Å². The molecule has 1 atom stereocenters. The number of rotatable bonds is 6. The molecule has 23 heavy (non-hydrogen) atoms. The van der Waals surface area contributed by atoms with Gasteiger partial charge in [-0.1, -0.05) is 18.2 Å². The number of carbonyl (C=O) groups is 1. The maximum Gasteiger partial charge on any atom is 0.224 e. The smallest absolute Gasteiger partial charge is 0.224 e. The van der Waals surface area contributed by atoms with Crippen LogP contribution in [0.3, 0.4) is 0 Å². The molecular weight excluding hydrogens is 358 g/mol. The van der Waals surface area contributed by atoms with Gasteiger partial charge in [0.25, 0.3) is 0 Å². The SMILES string of the molecule is COc1cccc(CC(=O)NC(C)c2ccc(OC)c(Br)c2)c1. The lowest BCUT2D eigenvalue weighted by Crippen LogP contribution is -2.28. The lowest BCUT2D eigenvalue weighted by atomic mass is 10.1. The fourth-order valence-corrected chi connectivity index (χ4v) is 2.85. The fourth-order valence-electron chi connectivity index (χ4n) is 2.30. The molecular formula is C18H20BrNO3. The van der Waals surface area contributed by atoms with Gasteiger partial charge in [0, 0.05) is 0 Å². The first-order chi connectivity index (χ1) is 11.0. The van der Waals surface area contributed by atoms with Gasteiger partial charge in [0.05, 0.1) is 31.2 Å². The number of ether oxygens (including phenoxy) is 2. The van der Waals surface area contributed by atoms with Crippen LogP contribution in [0.2, 0.25) is 0 Å². The van der Waals surface area contributed by atoms with Gasteiger partial charge >= 0.3 is 0 Å². The predicted octanol–water partition coefficient (Wildman–Crippen LogP) is 3.89. The monoisotopic (exact) mass is 377 g/mol. The van der Waals surface area contributed by atoms with Gasteiger partial charge in [0.15, 0.2) is 0 Å². The molecule has 0 bridgehead atoms. The number of carbonyl (C=O) groups excluding carboxylic acids is 1. The van der Waals surface area contributed by atoms with Crippen LogP contribution in [0.1, 0.15) is 24.1 Å². The summed E-state index contributed by atoms with van der Waals surface area (Å²) in [5.74, 6) is 1.49. The summed E-state index contributed by atoms with van der Waals surface area (Å²) in [7, 11) is 3.24. The van der Waals surface area contributed by atoms with Gasteiger partial charge in [-0.05, 0) is 58.2 Å². The molecule has 2 aromatic carbocycles. The molecule has 2 rings (SSSR count). The van der Waals surface area contributed by atoms with Crippen molar-refractivity contribution in [2.45, 2.75) is 19.4 Å². The highest BCUT2D eigenvalue weighted by Gasteiger charge is 2.12. The van der Waals surface area contributed by atoms with Crippen LogP contribution in [0.4, 0.5) is 0 Å². The molecule has 0 heterocycles. The fraction of sp³-hybridized carbons (Fsp3) is 0.278. The Morgan fingerprint density at radius 3 is 2.61 bits per heavy atom. The van der Waals surface area contributed by atoms with Gasteiger partial charge in [-0.2, -0.15) is 0 Å². The Labute approximate surface area is 144 Å². The maximum absolute atomic E-state index is 12.2. The molecule has 0 aliphatic rings. The molecule has 5 heteroatoms. The van der Waals surface area contributed by atoms with Crippen molar-refractivity contribution in [2.24, 2.45) is 0 Å². The first-order valence-corrected chi connectivity index (χ1v) is 8.08. The number of benzene rings is 2. The first-order valence-electron chi connectivity index (χ1n) is 7.29. The summed E-state index contributed by atoms with van der Waals surface area (Å²) in [6.07, 6.45) is 0.318. The normalized spacial score (nSPS) is 11.7. The Morgan fingerprint density at radius 1 is 1.17 bits per heavy atom. The van der Waals surface area contributed by atoms with Crippen LogP contribution in [0.25, 0.3) is 0 Å². The maximum atomic E-state index is 12.2. The van der Waals surface area contributed by atoms with E-state index in [2.05, 4.69) is 21.2 Å². The molecule has 0 radical (unpaired) electrons. The highest BCUT2D eigenvalue weighted by molar-refractivity contribution is 9.10. The lowest BCUT2D eigenvalue weighted by Gasteiger charge is -2.16. The number of nitrogens with one attached hydrogen (secondary N) is 1. The van der Waals surface area contributed by atoms with Crippen molar-refractivity contribution in [1.82, 2.24) is 5.32 Å². The third kappa shape index (κ3) is 4.73. The van der Waals surface area contributed by atoms with E-state index >= 15 is 0 Å². The molecule has 0 aromatic heterocycles. The third-order valence-electron chi connectivity index (χ3n) is 3.55. The molecule has 1 amide bonds. The van der Waals surface area contributed by atoms with Gasteiger partial charge in [-0.15, -0.1) is 0 Å². The van der Waals surface area contributed by atoms with Crippen LogP contribution >= 0.6 is 15.9 Å². The second-order valence-electron chi connectivity index (χ2n) is 5.21. The van der Waals surface area contributed by atoms with Crippen molar-refractivity contribution < 1.29 is 14.3 Å². The Balaban J connectivity index is 2.00. The minimum atomic E-state index is -0.0877. The molecule has 2 aromatic rings. The van der Waals surface area contributed by atoms with Crippen LogP contribution in [0.5, 0.6) is 11.5 Å². The zero-order chi connectivity index (χ0) is 16.8. The second-order valence-corrected chi connectivity index (χ2v) is 6.07. The van der Waals surface area contributed by atoms with E-state index in [0.29, 0.717) is 6.42 Å². The molecule has 4 nitrogen and oxygen atoms in total. The summed E-state index contributed by atoms with van der Waals surface area (Å²) in [6.45, 7) is 1.96. The van der Waals surface area contributed by atoms with E-state index in [1.165, 1.54) is 0 Å². The molecule has 0 aliphatic carbocycles. The number of hydrogen-bond donors (Lipinski definition) is 1. The van der Waals surface area contributed by atoms with Gasteiger partial charge in [0.2, 0.25) is 5.91 Å². The predicted molar refractivity (Wildman–Crippen MR) is 93.9 cm³/mol. The second kappa shape index (κ2) is 8.02. The summed E-state index contributed by atoms with van der Waals surface area (Å²) >= 11 is 3.46. The molecule has 0 saturated heterocycles. The van der Waals surface area contributed by atoms with Crippen LogP contribution in [0, 0.1) is 0 Å². The first kappa shape index (κ1) is 17.3. The van der Waals surface area contributed by atoms with Crippen LogP contribution in [0.15, 0.2) is 46.9 Å². The molecule has 1 N–H and O–H groups in total. The van der Waals surface area contributed by atoms with Crippen molar-refractivity contribution in [3.8, 4) is 11.5 Å².